The summed E-state index contributed by atoms with van der Waals surface area (Å²) in [5.74, 6) is -16.5. The van der Waals surface area contributed by atoms with E-state index < -0.39 is 240 Å². The fourth-order valence-electron chi connectivity index (χ4n) is 11.9. The second-order valence-electron chi connectivity index (χ2n) is 38.3. The van der Waals surface area contributed by atoms with Crippen molar-refractivity contribution in [2.45, 2.75) is 366 Å². The van der Waals surface area contributed by atoms with Crippen molar-refractivity contribution in [1.82, 2.24) is 106 Å². The van der Waals surface area contributed by atoms with Crippen molar-refractivity contribution in [3.8, 4) is 0 Å². The predicted molar refractivity (Wildman–Crippen MR) is 499 cm³/mol. The van der Waals surface area contributed by atoms with Gasteiger partial charge in [0.15, 0.2) is 0 Å². The molecular weight excluding hydrogens is 1760 g/mol. The molecule has 0 unspecified atom stereocenters. The highest BCUT2D eigenvalue weighted by Gasteiger charge is 2.46. The first-order valence-corrected chi connectivity index (χ1v) is 46.7. The lowest BCUT2D eigenvalue weighted by Gasteiger charge is -2.33. The van der Waals surface area contributed by atoms with Crippen molar-refractivity contribution >= 4 is 148 Å². The number of carbonyl (C=O) groups is 21. The van der Waals surface area contributed by atoms with Gasteiger partial charge in [-0.25, -0.2) is 0 Å². The Morgan fingerprint density at radius 1 is 0.227 bits per heavy atom. The molecule has 0 spiro atoms. The number of amides is 21. The fraction of sp³-hybridized carbons (Fsp3) is 0.753. The van der Waals surface area contributed by atoms with Crippen molar-refractivity contribution in [3.63, 3.8) is 0 Å². The van der Waals surface area contributed by atoms with E-state index in [0.717, 1.165) is 0 Å². The molecule has 0 aliphatic rings. The summed E-state index contributed by atoms with van der Waals surface area (Å²) in [5, 5.41) is 51.3. The van der Waals surface area contributed by atoms with Gasteiger partial charge < -0.3 is 129 Å². The summed E-state index contributed by atoms with van der Waals surface area (Å²) in [5.41, 5.74) is 5.27. The van der Waals surface area contributed by atoms with E-state index in [1.54, 1.807) is 12.5 Å². The van der Waals surface area contributed by atoms with E-state index in [-0.39, 0.29) is 45.2 Å². The van der Waals surface area contributed by atoms with Gasteiger partial charge in [-0.15, -0.1) is 0 Å². The Labute approximate surface area is 783 Å². The molecular formula is C85H154N24O21S2. The minimum atomic E-state index is -1.80. The lowest BCUT2D eigenvalue weighted by molar-refractivity contribution is -0.139. The van der Waals surface area contributed by atoms with Crippen LogP contribution in [0.3, 0.4) is 0 Å². The molecule has 0 radical (unpaired) electrons. The topological polar surface area (TPSA) is 703 Å². The molecule has 0 rings (SSSR count). The first-order chi connectivity index (χ1) is 60.2. The molecule has 0 heterocycles. The summed E-state index contributed by atoms with van der Waals surface area (Å²) in [6.45, 7) is 35.6. The third-order valence-corrected chi connectivity index (χ3v) is 22.3. The Kier molecular flexibility index (Phi) is 48.6. The van der Waals surface area contributed by atoms with Crippen LogP contribution in [0.4, 0.5) is 0 Å². The van der Waals surface area contributed by atoms with Crippen LogP contribution in [0.5, 0.6) is 0 Å². The van der Waals surface area contributed by atoms with E-state index in [1.807, 2.05) is 0 Å². The number of rotatable bonds is 58. The van der Waals surface area contributed by atoms with Gasteiger partial charge >= 0.3 is 0 Å². The number of hydrogen-bond acceptors (Lipinski definition) is 26. The summed E-state index contributed by atoms with van der Waals surface area (Å²) in [6, 6.07) is -12.9. The monoisotopic (exact) mass is 1910 g/mol. The molecule has 0 aliphatic heterocycles. The zero-order valence-electron chi connectivity index (χ0n) is 82.3. The average Bonchev–Trinajstić information content (AvgIpc) is 0.829. The Hall–Kier alpha value is -10.5. The Morgan fingerprint density at radius 3 is 0.538 bits per heavy atom. The highest BCUT2D eigenvalue weighted by atomic mass is 32.2. The van der Waals surface area contributed by atoms with Gasteiger partial charge in [-0.3, -0.25) is 101 Å². The highest BCUT2D eigenvalue weighted by Crippen LogP contribution is 2.19. The van der Waals surface area contributed by atoms with Crippen LogP contribution >= 0.6 is 23.5 Å². The number of unbranched alkanes of at least 4 members (excludes halogenated alkanes) is 3. The minimum absolute atomic E-state index is 0.00175. The maximum absolute atomic E-state index is 14.2. The summed E-state index contributed by atoms with van der Waals surface area (Å²) < 4.78 is 0. The molecule has 21 amide bonds. The molecule has 47 heteroatoms. The van der Waals surface area contributed by atoms with Crippen molar-refractivity contribution in [3.05, 3.63) is 0 Å². The van der Waals surface area contributed by atoms with E-state index in [1.165, 1.54) is 204 Å². The van der Waals surface area contributed by atoms with Crippen LogP contribution in [-0.2, 0) is 101 Å². The van der Waals surface area contributed by atoms with Crippen molar-refractivity contribution in [1.29, 1.82) is 0 Å². The van der Waals surface area contributed by atoms with Gasteiger partial charge in [-0.1, -0.05) is 0 Å². The van der Waals surface area contributed by atoms with E-state index in [9.17, 15) is 101 Å². The normalized spacial score (nSPS) is 14.5. The first kappa shape index (κ1) is 121. The third kappa shape index (κ3) is 40.9. The average molecular weight is 1910 g/mol. The maximum Gasteiger partial charge on any atom is 0.245 e. The third-order valence-electron chi connectivity index (χ3n) is 21.0. The molecule has 0 saturated heterocycles. The number of hydrogen-bond donors (Lipinski definition) is 24. The molecule has 28 N–H and O–H groups in total. The van der Waals surface area contributed by atoms with Gasteiger partial charge in [0.25, 0.3) is 0 Å². The molecule has 0 aromatic carbocycles. The molecule has 0 saturated carbocycles. The number of primary amides is 1. The quantitative estimate of drug-likeness (QED) is 0.0254. The van der Waals surface area contributed by atoms with Crippen LogP contribution < -0.4 is 129 Å². The number of nitrogens with two attached hydrogens (primary N) is 4. The zero-order chi connectivity index (χ0) is 103. The number of carbonyl (C=O) groups excluding carboxylic acids is 21. The Balaban J connectivity index is 6.19. The molecule has 45 nitrogen and oxygen atoms in total. The van der Waals surface area contributed by atoms with Gasteiger partial charge in [-0.05, 0) is 287 Å². The van der Waals surface area contributed by atoms with Crippen molar-refractivity contribution in [2.24, 2.45) is 22.9 Å². The zero-order valence-corrected chi connectivity index (χ0v) is 83.9. The molecule has 132 heavy (non-hydrogen) atoms. The van der Waals surface area contributed by atoms with Gasteiger partial charge in [0.1, 0.15) is 116 Å². The highest BCUT2D eigenvalue weighted by molar-refractivity contribution is 7.98. The SMILES string of the molecule is CSCC[C@H](NC(=O)C(C)(C)NC(=O)[C@H](C)NC(=O)C(C)(C)NC(=O)[C@H](CCSC)NC(=O)C(C)(C)NC(=O)[C@H](C)NC(=O)C(C)(C)NC(=O)[C@H](CCCCN)NC(=O)C(C)(C)NC(=O)[C@H](C)NC(=O)C(C)(C)NC(=O)[C@H](CCCCN)NC(=O)C(C)(C)NC(C)=O)C(=O)NC(C)(C)C(=O)N[C@@H](C)C(=O)NC(C)(C)C(=O)N[C@@H](CCCCN)C(=O)NC(C)(C)C(=O)N[C@@H](C)C(N)=O. The van der Waals surface area contributed by atoms with Crippen molar-refractivity contribution < 1.29 is 101 Å². The number of thioether (sulfide) groups is 2. The summed E-state index contributed by atoms with van der Waals surface area (Å²) >= 11 is 2.65. The lowest BCUT2D eigenvalue weighted by atomic mass is 9.98. The van der Waals surface area contributed by atoms with Crippen LogP contribution in [0.15, 0.2) is 0 Å². The minimum Gasteiger partial charge on any atom is -0.368 e. The molecule has 0 aromatic rings. The van der Waals surface area contributed by atoms with Crippen LogP contribution in [0, 0.1) is 0 Å². The van der Waals surface area contributed by atoms with Gasteiger partial charge in [-0.2, -0.15) is 23.5 Å². The Morgan fingerprint density at radius 2 is 0.379 bits per heavy atom. The van der Waals surface area contributed by atoms with Gasteiger partial charge in [0, 0.05) is 6.92 Å². The predicted octanol–water partition coefficient (Wildman–Crippen LogP) is -4.72. The second kappa shape index (κ2) is 52.8. The molecule has 0 aromatic heterocycles. The maximum atomic E-state index is 14.2. The largest absolute Gasteiger partial charge is 0.368 e. The second-order valence-corrected chi connectivity index (χ2v) is 40.2. The molecule has 10 atom stereocenters. The van der Waals surface area contributed by atoms with E-state index in [2.05, 4.69) is 106 Å². The first-order valence-electron chi connectivity index (χ1n) is 43.9. The Bertz CT molecular complexity index is 4120. The van der Waals surface area contributed by atoms with Crippen LogP contribution in [0.2, 0.25) is 0 Å². The molecule has 0 aliphatic carbocycles. The lowest BCUT2D eigenvalue weighted by Crippen LogP contribution is -2.66. The standard InChI is InChI=1S/C85H154N24O21S2/c1-45(56(89)111)90-66(121)77(9,10)105-62(117)52(36-30-33-41-87)96-72(127)82(19,20)102-58(113)47(3)93-69(124)80(15,16)108-64(119)54(38-43-131-27)99-75(130)85(25,26)104-60(115)49(5)94-70(125)81(17,18)109-65(120)55(39-44-132-28)98-74(129)84(23,24)103-59(114)48(4)92-68(123)79(13,14)107-63(118)53(37-31-34-42-88)97-73(128)83(21,22)101-57(112)46(2)91-67(122)78(11,12)106-61(116)51(35-29-32-40-86)95-71(126)76(7,8)100-50(6)110/h45-49,51-55H,29-44,86-88H2,1-28H3,(H2,89,111)(H,90,121)(H,91,122)(H,92,123)(H,93,124)(H,94,125)(H,95,126)(H,96,127)(H,97,128)(H,98,129)(H,99,130)(H,100,110)(H,101,112)(H,102,113)(H,103,114)(H,104,115)(H,105,117)(H,106,116)(H,107,118)(H,108,119)(H,109,120)/t45-,46-,47-,48-,49-,51-,52-,53-,54-,55-/m0/s1. The van der Waals surface area contributed by atoms with Crippen molar-refractivity contribution in [2.75, 3.05) is 43.7 Å². The fourth-order valence-corrected chi connectivity index (χ4v) is 12.8. The summed E-state index contributed by atoms with van der Waals surface area (Å²) in [4.78, 5) is 286. The summed E-state index contributed by atoms with van der Waals surface area (Å²) in [7, 11) is 0. The van der Waals surface area contributed by atoms with Crippen LogP contribution in [0.1, 0.15) is 251 Å². The molecule has 0 fully saturated rings. The molecule has 752 valence electrons. The van der Waals surface area contributed by atoms with Gasteiger partial charge in [0.05, 0.1) is 0 Å². The van der Waals surface area contributed by atoms with E-state index in [0.29, 0.717) is 56.6 Å². The van der Waals surface area contributed by atoms with E-state index >= 15 is 0 Å². The smallest absolute Gasteiger partial charge is 0.245 e. The van der Waals surface area contributed by atoms with E-state index in [4.69, 9.17) is 22.9 Å². The number of nitrogens with one attached hydrogen (secondary N) is 20. The molecule has 0 bridgehead atoms. The van der Waals surface area contributed by atoms with Gasteiger partial charge in [0.2, 0.25) is 124 Å². The van der Waals surface area contributed by atoms with Crippen LogP contribution in [0.25, 0.3) is 0 Å². The van der Waals surface area contributed by atoms with Crippen LogP contribution in [-0.4, -0.2) is 284 Å². The summed E-state index contributed by atoms with van der Waals surface area (Å²) in [6.07, 6.45) is 6.23.